The van der Waals surface area contributed by atoms with Crippen molar-refractivity contribution in [3.05, 3.63) is 40.7 Å². The van der Waals surface area contributed by atoms with Gasteiger partial charge in [0.25, 0.3) is 0 Å². The molecule has 0 bridgehead atoms. The zero-order valence-electron chi connectivity index (χ0n) is 16.0. The molecular weight excluding hydrogens is 350 g/mol. The Hall–Kier alpha value is -2.28. The van der Waals surface area contributed by atoms with Crippen LogP contribution in [0.25, 0.3) is 0 Å². The second kappa shape index (κ2) is 8.89. The molecule has 0 spiro atoms. The fourth-order valence-corrected chi connectivity index (χ4v) is 3.22. The Kier molecular flexibility index (Phi) is 6.85. The number of methoxy groups -OCH3 is 2. The van der Waals surface area contributed by atoms with Crippen LogP contribution in [0.15, 0.2) is 23.4 Å². The second-order valence-corrected chi connectivity index (χ2v) is 7.28. The molecule has 1 amide bonds. The van der Waals surface area contributed by atoms with Gasteiger partial charge in [0, 0.05) is 17.9 Å². The highest BCUT2D eigenvalue weighted by Crippen LogP contribution is 2.27. The second-order valence-electron chi connectivity index (χ2n) is 5.97. The fraction of sp³-hybridized carbons (Fsp3) is 0.421. The minimum Gasteiger partial charge on any atom is -0.493 e. The number of carbonyl (C=O) groups is 1. The average Bonchev–Trinajstić information content (AvgIpc) is 2.63. The predicted molar refractivity (Wildman–Crippen MR) is 103 cm³/mol. The van der Waals surface area contributed by atoms with E-state index in [1.165, 1.54) is 11.8 Å². The summed E-state index contributed by atoms with van der Waals surface area (Å²) in [6.07, 6.45) is 0. The highest BCUT2D eigenvalue weighted by molar-refractivity contribution is 8.00. The molecular formula is C19H25N3O3S. The van der Waals surface area contributed by atoms with E-state index in [0.717, 1.165) is 22.5 Å². The van der Waals surface area contributed by atoms with Crippen LogP contribution in [0, 0.1) is 20.8 Å². The van der Waals surface area contributed by atoms with Crippen LogP contribution in [0.5, 0.6) is 11.5 Å². The third-order valence-corrected chi connectivity index (χ3v) is 5.14. The molecule has 0 aliphatic carbocycles. The lowest BCUT2D eigenvalue weighted by atomic mass is 10.2. The average molecular weight is 375 g/mol. The first kappa shape index (κ1) is 20.0. The van der Waals surface area contributed by atoms with Gasteiger partial charge in [0.05, 0.1) is 19.5 Å². The Labute approximate surface area is 158 Å². The monoisotopic (exact) mass is 375 g/mol. The van der Waals surface area contributed by atoms with E-state index in [4.69, 9.17) is 9.47 Å². The number of thioether (sulfide) groups is 1. The van der Waals surface area contributed by atoms with Gasteiger partial charge in [-0.15, -0.1) is 0 Å². The molecule has 1 aromatic carbocycles. The molecule has 0 saturated heterocycles. The van der Waals surface area contributed by atoms with E-state index in [1.807, 2.05) is 45.9 Å². The van der Waals surface area contributed by atoms with Crippen LogP contribution in [0.3, 0.4) is 0 Å². The third kappa shape index (κ3) is 4.88. The van der Waals surface area contributed by atoms with Crippen molar-refractivity contribution in [3.63, 3.8) is 0 Å². The molecule has 0 unspecified atom stereocenters. The number of aryl methyl sites for hydroxylation is 2. The van der Waals surface area contributed by atoms with Crippen molar-refractivity contribution >= 4 is 17.7 Å². The van der Waals surface area contributed by atoms with Gasteiger partial charge in [0.2, 0.25) is 5.91 Å². The first-order valence-electron chi connectivity index (χ1n) is 8.32. The Morgan fingerprint density at radius 2 is 1.73 bits per heavy atom. The molecule has 7 heteroatoms. The SMILES string of the molecule is COc1ccc(CNC(=O)[C@@H](C)Sc2nc(C)c(C)c(C)n2)cc1OC. The topological polar surface area (TPSA) is 73.3 Å². The van der Waals surface area contributed by atoms with Gasteiger partial charge < -0.3 is 14.8 Å². The maximum Gasteiger partial charge on any atom is 0.233 e. The quantitative estimate of drug-likeness (QED) is 0.592. The van der Waals surface area contributed by atoms with Crippen molar-refractivity contribution in [2.45, 2.75) is 44.6 Å². The third-order valence-electron chi connectivity index (χ3n) is 4.18. The zero-order chi connectivity index (χ0) is 19.3. The minimum absolute atomic E-state index is 0.0655. The van der Waals surface area contributed by atoms with Gasteiger partial charge in [0.1, 0.15) is 0 Å². The lowest BCUT2D eigenvalue weighted by Gasteiger charge is -2.14. The molecule has 1 aromatic heterocycles. The molecule has 1 N–H and O–H groups in total. The van der Waals surface area contributed by atoms with Crippen molar-refractivity contribution in [3.8, 4) is 11.5 Å². The van der Waals surface area contributed by atoms with Crippen LogP contribution >= 0.6 is 11.8 Å². The van der Waals surface area contributed by atoms with E-state index in [0.29, 0.717) is 23.2 Å². The van der Waals surface area contributed by atoms with Crippen LogP contribution in [-0.4, -0.2) is 35.3 Å². The van der Waals surface area contributed by atoms with E-state index in [-0.39, 0.29) is 11.2 Å². The van der Waals surface area contributed by atoms with Crippen LogP contribution in [0.2, 0.25) is 0 Å². The molecule has 1 atom stereocenters. The maximum atomic E-state index is 12.4. The van der Waals surface area contributed by atoms with E-state index in [2.05, 4.69) is 15.3 Å². The van der Waals surface area contributed by atoms with E-state index in [9.17, 15) is 4.79 Å². The largest absolute Gasteiger partial charge is 0.493 e. The summed E-state index contributed by atoms with van der Waals surface area (Å²) in [6.45, 7) is 8.17. The number of nitrogens with one attached hydrogen (secondary N) is 1. The van der Waals surface area contributed by atoms with Gasteiger partial charge in [-0.1, -0.05) is 17.8 Å². The van der Waals surface area contributed by atoms with Gasteiger partial charge >= 0.3 is 0 Å². The van der Waals surface area contributed by atoms with E-state index >= 15 is 0 Å². The minimum atomic E-state index is -0.295. The lowest BCUT2D eigenvalue weighted by Crippen LogP contribution is -2.30. The number of rotatable bonds is 7. The summed E-state index contributed by atoms with van der Waals surface area (Å²) in [6, 6.07) is 5.58. The summed E-state index contributed by atoms with van der Waals surface area (Å²) in [5.41, 5.74) is 3.90. The summed E-state index contributed by atoms with van der Waals surface area (Å²) >= 11 is 1.36. The lowest BCUT2D eigenvalue weighted by molar-refractivity contribution is -0.120. The predicted octanol–water partition coefficient (Wildman–Crippen LogP) is 3.22. The first-order chi connectivity index (χ1) is 12.3. The molecule has 1 heterocycles. The first-order valence-corrected chi connectivity index (χ1v) is 9.20. The molecule has 0 radical (unpaired) electrons. The van der Waals surface area contributed by atoms with Gasteiger partial charge in [-0.3, -0.25) is 4.79 Å². The standard InChI is InChI=1S/C19H25N3O3S/c1-11-12(2)21-19(22-13(11)3)26-14(4)18(23)20-10-15-7-8-16(24-5)17(9-15)25-6/h7-9,14H,10H2,1-6H3,(H,20,23)/t14-/m1/s1. The maximum absolute atomic E-state index is 12.4. The highest BCUT2D eigenvalue weighted by atomic mass is 32.2. The molecule has 6 nitrogen and oxygen atoms in total. The molecule has 0 fully saturated rings. The highest BCUT2D eigenvalue weighted by Gasteiger charge is 2.17. The molecule has 0 aliphatic heterocycles. The van der Waals surface area contributed by atoms with Crippen molar-refractivity contribution in [1.29, 1.82) is 0 Å². The number of hydrogen-bond donors (Lipinski definition) is 1. The molecule has 140 valence electrons. The summed E-state index contributed by atoms with van der Waals surface area (Å²) in [5.74, 6) is 1.23. The number of carbonyl (C=O) groups excluding carboxylic acids is 1. The number of nitrogens with zero attached hydrogens (tertiary/aromatic N) is 2. The van der Waals surface area contributed by atoms with Crippen LogP contribution in [0.1, 0.15) is 29.4 Å². The molecule has 0 aliphatic rings. The van der Waals surface area contributed by atoms with Crippen LogP contribution < -0.4 is 14.8 Å². The Bertz CT molecular complexity index is 773. The van der Waals surface area contributed by atoms with Gasteiger partial charge in [-0.2, -0.15) is 0 Å². The van der Waals surface area contributed by atoms with E-state index < -0.39 is 0 Å². The van der Waals surface area contributed by atoms with Gasteiger partial charge in [-0.05, 0) is 51.0 Å². The van der Waals surface area contributed by atoms with Gasteiger partial charge in [-0.25, -0.2) is 9.97 Å². The number of hydrogen-bond acceptors (Lipinski definition) is 6. The molecule has 0 saturated carbocycles. The van der Waals surface area contributed by atoms with Crippen molar-refractivity contribution in [2.24, 2.45) is 0 Å². The smallest absolute Gasteiger partial charge is 0.233 e. The fourth-order valence-electron chi connectivity index (χ4n) is 2.33. The molecule has 2 rings (SSSR count). The van der Waals surface area contributed by atoms with Crippen LogP contribution in [0.4, 0.5) is 0 Å². The Balaban J connectivity index is 1.97. The number of ether oxygens (including phenoxy) is 2. The summed E-state index contributed by atoms with van der Waals surface area (Å²) in [5, 5.41) is 3.27. The Morgan fingerprint density at radius 3 is 2.31 bits per heavy atom. The number of amides is 1. The zero-order valence-corrected chi connectivity index (χ0v) is 16.9. The number of aromatic nitrogens is 2. The van der Waals surface area contributed by atoms with Crippen molar-refractivity contribution < 1.29 is 14.3 Å². The van der Waals surface area contributed by atoms with Crippen molar-refractivity contribution in [1.82, 2.24) is 15.3 Å². The van der Waals surface area contributed by atoms with E-state index in [1.54, 1.807) is 14.2 Å². The molecule has 26 heavy (non-hydrogen) atoms. The summed E-state index contributed by atoms with van der Waals surface area (Å²) in [7, 11) is 3.18. The summed E-state index contributed by atoms with van der Waals surface area (Å²) in [4.78, 5) is 21.3. The summed E-state index contributed by atoms with van der Waals surface area (Å²) < 4.78 is 10.5. The normalized spacial score (nSPS) is 11.8. The van der Waals surface area contributed by atoms with Crippen LogP contribution in [-0.2, 0) is 11.3 Å². The Morgan fingerprint density at radius 1 is 1.12 bits per heavy atom. The molecule has 2 aromatic rings. The van der Waals surface area contributed by atoms with Crippen molar-refractivity contribution in [2.75, 3.05) is 14.2 Å². The number of benzene rings is 1. The van der Waals surface area contributed by atoms with Gasteiger partial charge in [0.15, 0.2) is 16.7 Å².